The largest absolute Gasteiger partial charge is 0.378 e. The highest BCUT2D eigenvalue weighted by Crippen LogP contribution is 2.14. The molecule has 0 bridgehead atoms. The lowest BCUT2D eigenvalue weighted by atomic mass is 10.0. The first kappa shape index (κ1) is 14.5. The number of ether oxygens (including phenoxy) is 2. The van der Waals surface area contributed by atoms with E-state index in [0.717, 1.165) is 31.9 Å². The zero-order chi connectivity index (χ0) is 14.5. The summed E-state index contributed by atoms with van der Waals surface area (Å²) in [6.45, 7) is 5.92. The van der Waals surface area contributed by atoms with Crippen molar-refractivity contribution in [3.63, 3.8) is 0 Å². The van der Waals surface area contributed by atoms with Gasteiger partial charge in [0.15, 0.2) is 6.04 Å². The van der Waals surface area contributed by atoms with Crippen LogP contribution in [0, 0.1) is 0 Å². The lowest BCUT2D eigenvalue weighted by molar-refractivity contribution is -0.929. The lowest BCUT2D eigenvalue weighted by Gasteiger charge is -2.35. The van der Waals surface area contributed by atoms with E-state index in [9.17, 15) is 4.79 Å². The van der Waals surface area contributed by atoms with Crippen molar-refractivity contribution >= 4 is 5.91 Å². The van der Waals surface area contributed by atoms with Gasteiger partial charge >= 0.3 is 0 Å². The normalized spacial score (nSPS) is 22.0. The van der Waals surface area contributed by atoms with Crippen LogP contribution in [-0.4, -0.2) is 63.4 Å². The van der Waals surface area contributed by atoms with Gasteiger partial charge < -0.3 is 19.3 Å². The molecule has 2 heterocycles. The van der Waals surface area contributed by atoms with Gasteiger partial charge in [-0.15, -0.1) is 0 Å². The number of morpholine rings is 2. The highest BCUT2D eigenvalue weighted by Gasteiger charge is 2.36. The molecular weight excluding hydrogens is 268 g/mol. The van der Waals surface area contributed by atoms with Crippen LogP contribution in [0.25, 0.3) is 0 Å². The third kappa shape index (κ3) is 3.43. The van der Waals surface area contributed by atoms with Crippen LogP contribution in [-0.2, 0) is 14.3 Å². The summed E-state index contributed by atoms with van der Waals surface area (Å²) >= 11 is 0. The Morgan fingerprint density at radius 1 is 1.00 bits per heavy atom. The Hall–Kier alpha value is -1.43. The number of nitrogens with one attached hydrogen (secondary N) is 1. The number of benzene rings is 1. The Bertz CT molecular complexity index is 454. The molecule has 1 aromatic carbocycles. The second-order valence-electron chi connectivity index (χ2n) is 5.55. The van der Waals surface area contributed by atoms with Gasteiger partial charge in [0.1, 0.15) is 13.1 Å². The van der Waals surface area contributed by atoms with Crippen LogP contribution < -0.4 is 4.90 Å². The van der Waals surface area contributed by atoms with Gasteiger partial charge in [0.25, 0.3) is 5.91 Å². The van der Waals surface area contributed by atoms with E-state index in [1.807, 2.05) is 23.1 Å². The van der Waals surface area contributed by atoms with Crippen molar-refractivity contribution in [3.05, 3.63) is 35.9 Å². The average molecular weight is 291 g/mol. The van der Waals surface area contributed by atoms with Crippen LogP contribution in [0.1, 0.15) is 11.6 Å². The Morgan fingerprint density at radius 2 is 1.62 bits per heavy atom. The molecule has 0 aliphatic carbocycles. The summed E-state index contributed by atoms with van der Waals surface area (Å²) in [6, 6.07) is 10.0. The predicted octanol–water partition coefficient (Wildman–Crippen LogP) is -0.498. The highest BCUT2D eigenvalue weighted by molar-refractivity contribution is 5.82. The van der Waals surface area contributed by atoms with Crippen LogP contribution in [0.2, 0.25) is 0 Å². The fourth-order valence-corrected chi connectivity index (χ4v) is 3.09. The third-order valence-corrected chi connectivity index (χ3v) is 4.25. The van der Waals surface area contributed by atoms with Crippen LogP contribution in [0.4, 0.5) is 0 Å². The van der Waals surface area contributed by atoms with E-state index >= 15 is 0 Å². The Balaban J connectivity index is 1.82. The SMILES string of the molecule is O=C([C@H](c1ccccc1)[NH+]1CCOCC1)N1CCOCC1. The molecule has 5 nitrogen and oxygen atoms in total. The monoisotopic (exact) mass is 291 g/mol. The van der Waals surface area contributed by atoms with E-state index in [2.05, 4.69) is 12.1 Å². The smallest absolute Gasteiger partial charge is 0.285 e. The molecule has 0 saturated carbocycles. The van der Waals surface area contributed by atoms with Crippen LogP contribution in [0.3, 0.4) is 0 Å². The van der Waals surface area contributed by atoms with Crippen molar-refractivity contribution in [2.75, 3.05) is 52.6 Å². The van der Waals surface area contributed by atoms with Gasteiger partial charge in [0, 0.05) is 18.7 Å². The molecule has 2 aliphatic heterocycles. The number of carbonyl (C=O) groups excluding carboxylic acids is 1. The molecule has 1 aromatic rings. The van der Waals surface area contributed by atoms with Crippen LogP contribution in [0.15, 0.2) is 30.3 Å². The number of rotatable bonds is 3. The molecule has 2 aliphatic rings. The summed E-state index contributed by atoms with van der Waals surface area (Å²) in [6.07, 6.45) is 0. The summed E-state index contributed by atoms with van der Waals surface area (Å²) in [5.41, 5.74) is 1.10. The Labute approximate surface area is 125 Å². The topological polar surface area (TPSA) is 43.2 Å². The fourth-order valence-electron chi connectivity index (χ4n) is 3.09. The first-order valence-corrected chi connectivity index (χ1v) is 7.70. The molecule has 0 spiro atoms. The molecule has 21 heavy (non-hydrogen) atoms. The summed E-state index contributed by atoms with van der Waals surface area (Å²) in [5, 5.41) is 0. The van der Waals surface area contributed by atoms with Gasteiger partial charge in [0.05, 0.1) is 26.4 Å². The molecule has 2 saturated heterocycles. The molecule has 0 radical (unpaired) electrons. The van der Waals surface area contributed by atoms with E-state index in [0.29, 0.717) is 26.3 Å². The van der Waals surface area contributed by atoms with E-state index in [1.54, 1.807) is 0 Å². The zero-order valence-electron chi connectivity index (χ0n) is 12.3. The van der Waals surface area contributed by atoms with Crippen LogP contribution >= 0.6 is 0 Å². The van der Waals surface area contributed by atoms with Crippen LogP contribution in [0.5, 0.6) is 0 Å². The molecule has 0 unspecified atom stereocenters. The molecule has 2 fully saturated rings. The van der Waals surface area contributed by atoms with Gasteiger partial charge in [-0.2, -0.15) is 0 Å². The molecular formula is C16H23N2O3+. The molecule has 1 N–H and O–H groups in total. The van der Waals surface area contributed by atoms with E-state index in [4.69, 9.17) is 9.47 Å². The van der Waals surface area contributed by atoms with E-state index in [-0.39, 0.29) is 11.9 Å². The standard InChI is InChI=1S/C16H22N2O3/c19-16(18-8-12-21-13-9-18)15(14-4-2-1-3-5-14)17-6-10-20-11-7-17/h1-5,15H,6-13H2/p+1/t15-/m0/s1. The van der Waals surface area contributed by atoms with Gasteiger partial charge in [0.2, 0.25) is 0 Å². The first-order chi connectivity index (χ1) is 10.4. The second-order valence-corrected chi connectivity index (χ2v) is 5.55. The van der Waals surface area contributed by atoms with Crippen molar-refractivity contribution < 1.29 is 19.2 Å². The first-order valence-electron chi connectivity index (χ1n) is 7.70. The van der Waals surface area contributed by atoms with Gasteiger partial charge in [-0.1, -0.05) is 30.3 Å². The predicted molar refractivity (Wildman–Crippen MR) is 78.1 cm³/mol. The minimum absolute atomic E-state index is 0.117. The second kappa shape index (κ2) is 7.02. The minimum atomic E-state index is -0.117. The highest BCUT2D eigenvalue weighted by atomic mass is 16.5. The Kier molecular flexibility index (Phi) is 4.85. The minimum Gasteiger partial charge on any atom is -0.378 e. The van der Waals surface area contributed by atoms with Crippen molar-refractivity contribution in [1.82, 2.24) is 4.90 Å². The molecule has 114 valence electrons. The molecule has 1 atom stereocenters. The van der Waals surface area contributed by atoms with Crippen molar-refractivity contribution in [2.24, 2.45) is 0 Å². The zero-order valence-corrected chi connectivity index (χ0v) is 12.3. The summed E-state index contributed by atoms with van der Waals surface area (Å²) < 4.78 is 10.8. The van der Waals surface area contributed by atoms with Crippen molar-refractivity contribution in [3.8, 4) is 0 Å². The molecule has 0 aromatic heterocycles. The van der Waals surface area contributed by atoms with Crippen molar-refractivity contribution in [1.29, 1.82) is 0 Å². The summed E-state index contributed by atoms with van der Waals surface area (Å²) in [7, 11) is 0. The number of quaternary nitrogens is 1. The number of carbonyl (C=O) groups is 1. The summed E-state index contributed by atoms with van der Waals surface area (Å²) in [4.78, 5) is 16.3. The fraction of sp³-hybridized carbons (Fsp3) is 0.562. The maximum atomic E-state index is 13.0. The number of nitrogens with zero attached hydrogens (tertiary/aromatic N) is 1. The number of hydrogen-bond donors (Lipinski definition) is 1. The maximum absolute atomic E-state index is 13.0. The average Bonchev–Trinajstić information content (AvgIpc) is 2.58. The molecule has 3 rings (SSSR count). The maximum Gasteiger partial charge on any atom is 0.285 e. The number of amides is 1. The third-order valence-electron chi connectivity index (χ3n) is 4.25. The van der Waals surface area contributed by atoms with Gasteiger partial charge in [-0.25, -0.2) is 0 Å². The Morgan fingerprint density at radius 3 is 2.29 bits per heavy atom. The van der Waals surface area contributed by atoms with Gasteiger partial charge in [-0.05, 0) is 0 Å². The summed E-state index contributed by atoms with van der Waals surface area (Å²) in [5.74, 6) is 0.224. The quantitative estimate of drug-likeness (QED) is 0.817. The number of hydrogen-bond acceptors (Lipinski definition) is 3. The van der Waals surface area contributed by atoms with E-state index in [1.165, 1.54) is 4.90 Å². The van der Waals surface area contributed by atoms with Gasteiger partial charge in [-0.3, -0.25) is 4.79 Å². The van der Waals surface area contributed by atoms with Crippen molar-refractivity contribution in [2.45, 2.75) is 6.04 Å². The van der Waals surface area contributed by atoms with E-state index < -0.39 is 0 Å². The lowest BCUT2D eigenvalue weighted by Crippen LogP contribution is -3.15. The molecule has 5 heteroatoms. The molecule has 1 amide bonds.